The van der Waals surface area contributed by atoms with Crippen LogP contribution in [0.4, 0.5) is 0 Å². The zero-order valence-electron chi connectivity index (χ0n) is 12.0. The molecule has 0 radical (unpaired) electrons. The topological polar surface area (TPSA) is 38.0 Å². The van der Waals surface area contributed by atoms with Crippen LogP contribution in [0.3, 0.4) is 0 Å². The minimum absolute atomic E-state index is 0.325. The van der Waals surface area contributed by atoms with Gasteiger partial charge in [-0.3, -0.25) is 0 Å². The zero-order valence-corrected chi connectivity index (χ0v) is 12.0. The second-order valence-electron chi connectivity index (χ2n) is 4.95. The van der Waals surface area contributed by atoms with Crippen molar-refractivity contribution in [1.82, 2.24) is 9.78 Å². The Labute approximate surface area is 114 Å². The minimum Gasteiger partial charge on any atom is -0.493 e. The SMILES string of the molecule is CCCCn1nc(-c2ccc(C)cc2)c(CC)c1O. The van der Waals surface area contributed by atoms with E-state index in [0.29, 0.717) is 5.88 Å². The van der Waals surface area contributed by atoms with Crippen molar-refractivity contribution in [1.29, 1.82) is 0 Å². The average molecular weight is 258 g/mol. The molecule has 0 fully saturated rings. The molecule has 3 nitrogen and oxygen atoms in total. The molecule has 0 unspecified atom stereocenters. The number of aromatic hydroxyl groups is 1. The van der Waals surface area contributed by atoms with Crippen LogP contribution in [0, 0.1) is 6.92 Å². The van der Waals surface area contributed by atoms with Crippen molar-refractivity contribution in [3.05, 3.63) is 35.4 Å². The molecule has 0 saturated heterocycles. The van der Waals surface area contributed by atoms with Gasteiger partial charge in [-0.25, -0.2) is 4.68 Å². The predicted octanol–water partition coefficient (Wildman–Crippen LogP) is 3.93. The van der Waals surface area contributed by atoms with Crippen LogP contribution >= 0.6 is 0 Å². The summed E-state index contributed by atoms with van der Waals surface area (Å²) < 4.78 is 1.73. The highest BCUT2D eigenvalue weighted by molar-refractivity contribution is 5.65. The monoisotopic (exact) mass is 258 g/mol. The van der Waals surface area contributed by atoms with E-state index >= 15 is 0 Å². The van der Waals surface area contributed by atoms with Gasteiger partial charge in [0, 0.05) is 17.7 Å². The molecule has 0 atom stereocenters. The van der Waals surface area contributed by atoms with Crippen LogP contribution in [0.2, 0.25) is 0 Å². The van der Waals surface area contributed by atoms with Gasteiger partial charge in [-0.15, -0.1) is 0 Å². The number of benzene rings is 1. The summed E-state index contributed by atoms with van der Waals surface area (Å²) in [5.74, 6) is 0.325. The van der Waals surface area contributed by atoms with Crippen molar-refractivity contribution in [2.75, 3.05) is 0 Å². The molecule has 19 heavy (non-hydrogen) atoms. The molecule has 2 rings (SSSR count). The van der Waals surface area contributed by atoms with Crippen LogP contribution < -0.4 is 0 Å². The van der Waals surface area contributed by atoms with Gasteiger partial charge < -0.3 is 5.11 Å². The van der Waals surface area contributed by atoms with Gasteiger partial charge in [0.1, 0.15) is 0 Å². The minimum atomic E-state index is 0.325. The Kier molecular flexibility index (Phi) is 4.25. The normalized spacial score (nSPS) is 10.9. The van der Waals surface area contributed by atoms with E-state index in [9.17, 15) is 5.11 Å². The summed E-state index contributed by atoms with van der Waals surface area (Å²) in [5, 5.41) is 14.8. The van der Waals surface area contributed by atoms with E-state index in [0.717, 1.165) is 42.6 Å². The second-order valence-corrected chi connectivity index (χ2v) is 4.95. The lowest BCUT2D eigenvalue weighted by atomic mass is 10.0. The summed E-state index contributed by atoms with van der Waals surface area (Å²) in [6.45, 7) is 7.05. The number of aryl methyl sites for hydroxylation is 2. The smallest absolute Gasteiger partial charge is 0.213 e. The Morgan fingerprint density at radius 2 is 1.84 bits per heavy atom. The summed E-state index contributed by atoms with van der Waals surface area (Å²) in [6, 6.07) is 8.30. The molecule has 102 valence electrons. The summed E-state index contributed by atoms with van der Waals surface area (Å²) in [6.07, 6.45) is 2.92. The third-order valence-electron chi connectivity index (χ3n) is 3.42. The molecule has 1 N–H and O–H groups in total. The summed E-state index contributed by atoms with van der Waals surface area (Å²) in [5.41, 5.74) is 4.17. The molecule has 3 heteroatoms. The Hall–Kier alpha value is -1.77. The lowest BCUT2D eigenvalue weighted by Gasteiger charge is -2.01. The Morgan fingerprint density at radius 3 is 2.42 bits per heavy atom. The molecule has 0 aliphatic heterocycles. The van der Waals surface area contributed by atoms with E-state index in [1.807, 2.05) is 0 Å². The molecule has 1 aromatic carbocycles. The summed E-state index contributed by atoms with van der Waals surface area (Å²) in [4.78, 5) is 0. The Bertz CT molecular complexity index is 541. The fraction of sp³-hybridized carbons (Fsp3) is 0.438. The molecule has 0 saturated carbocycles. The van der Waals surface area contributed by atoms with Gasteiger partial charge in [0.15, 0.2) is 0 Å². The second kappa shape index (κ2) is 5.91. The highest BCUT2D eigenvalue weighted by Gasteiger charge is 2.16. The van der Waals surface area contributed by atoms with Gasteiger partial charge in [0.25, 0.3) is 0 Å². The molecule has 2 aromatic rings. The first kappa shape index (κ1) is 13.7. The first-order valence-electron chi connectivity index (χ1n) is 7.03. The van der Waals surface area contributed by atoms with Crippen LogP contribution in [0.1, 0.15) is 37.8 Å². The summed E-state index contributed by atoms with van der Waals surface area (Å²) in [7, 11) is 0. The molecule has 1 heterocycles. The maximum atomic E-state index is 10.3. The van der Waals surface area contributed by atoms with E-state index in [2.05, 4.69) is 50.1 Å². The van der Waals surface area contributed by atoms with E-state index in [1.165, 1.54) is 5.56 Å². The first-order chi connectivity index (χ1) is 9.17. The average Bonchev–Trinajstić information content (AvgIpc) is 2.73. The first-order valence-corrected chi connectivity index (χ1v) is 7.03. The largest absolute Gasteiger partial charge is 0.493 e. The van der Waals surface area contributed by atoms with Gasteiger partial charge in [0.2, 0.25) is 5.88 Å². The Morgan fingerprint density at radius 1 is 1.16 bits per heavy atom. The quantitative estimate of drug-likeness (QED) is 0.882. The van der Waals surface area contributed by atoms with Crippen molar-refractivity contribution >= 4 is 0 Å². The molecule has 0 amide bonds. The number of rotatable bonds is 5. The fourth-order valence-electron chi connectivity index (χ4n) is 2.22. The van der Waals surface area contributed by atoms with Crippen LogP contribution in [-0.2, 0) is 13.0 Å². The van der Waals surface area contributed by atoms with Crippen molar-refractivity contribution in [2.45, 2.75) is 46.6 Å². The molecule has 1 aromatic heterocycles. The molecule has 0 aliphatic rings. The van der Waals surface area contributed by atoms with Crippen molar-refractivity contribution in [3.8, 4) is 17.1 Å². The van der Waals surface area contributed by atoms with E-state index in [-0.39, 0.29) is 0 Å². The van der Waals surface area contributed by atoms with Gasteiger partial charge in [-0.2, -0.15) is 5.10 Å². The molecular weight excluding hydrogens is 236 g/mol. The number of hydrogen-bond donors (Lipinski definition) is 1. The molecule has 0 spiro atoms. The number of unbranched alkanes of at least 4 members (excludes halogenated alkanes) is 1. The number of hydrogen-bond acceptors (Lipinski definition) is 2. The number of nitrogens with zero attached hydrogens (tertiary/aromatic N) is 2. The highest BCUT2D eigenvalue weighted by atomic mass is 16.3. The fourth-order valence-corrected chi connectivity index (χ4v) is 2.22. The summed E-state index contributed by atoms with van der Waals surface area (Å²) >= 11 is 0. The van der Waals surface area contributed by atoms with Gasteiger partial charge in [0.05, 0.1) is 5.69 Å². The van der Waals surface area contributed by atoms with Crippen LogP contribution in [-0.4, -0.2) is 14.9 Å². The zero-order chi connectivity index (χ0) is 13.8. The van der Waals surface area contributed by atoms with Crippen LogP contribution in [0.25, 0.3) is 11.3 Å². The van der Waals surface area contributed by atoms with E-state index in [1.54, 1.807) is 4.68 Å². The maximum Gasteiger partial charge on any atom is 0.213 e. The van der Waals surface area contributed by atoms with Gasteiger partial charge >= 0.3 is 0 Å². The van der Waals surface area contributed by atoms with Crippen molar-refractivity contribution < 1.29 is 5.11 Å². The Balaban J connectivity index is 2.41. The third kappa shape index (κ3) is 2.80. The van der Waals surface area contributed by atoms with Crippen LogP contribution in [0.5, 0.6) is 5.88 Å². The van der Waals surface area contributed by atoms with Crippen LogP contribution in [0.15, 0.2) is 24.3 Å². The van der Waals surface area contributed by atoms with Gasteiger partial charge in [-0.1, -0.05) is 50.1 Å². The highest BCUT2D eigenvalue weighted by Crippen LogP contribution is 2.30. The van der Waals surface area contributed by atoms with Crippen molar-refractivity contribution in [2.24, 2.45) is 0 Å². The maximum absolute atomic E-state index is 10.3. The lowest BCUT2D eigenvalue weighted by Crippen LogP contribution is -1.99. The third-order valence-corrected chi connectivity index (χ3v) is 3.42. The molecule has 0 bridgehead atoms. The van der Waals surface area contributed by atoms with Crippen molar-refractivity contribution in [3.63, 3.8) is 0 Å². The standard InChI is InChI=1S/C16H22N2O/c1-4-6-11-18-16(19)14(5-2)15(17-18)13-9-7-12(3)8-10-13/h7-10,19H,4-6,11H2,1-3H3. The van der Waals surface area contributed by atoms with Gasteiger partial charge in [-0.05, 0) is 19.8 Å². The van der Waals surface area contributed by atoms with E-state index in [4.69, 9.17) is 0 Å². The predicted molar refractivity (Wildman–Crippen MR) is 78.4 cm³/mol. The lowest BCUT2D eigenvalue weighted by molar-refractivity contribution is 0.390. The van der Waals surface area contributed by atoms with E-state index < -0.39 is 0 Å². The molecule has 0 aliphatic carbocycles. The number of aromatic nitrogens is 2. The molecular formula is C16H22N2O.